The largest absolute Gasteiger partial charge is 0.354 e. The molecule has 1 aliphatic carbocycles. The minimum atomic E-state index is -0.0537. The molecule has 4 heteroatoms. The standard InChI is InChI=1S/C22H27N3O/c1-22(2,25-11-9-16-6-3-4-7-18(16)14-25)15-24-21(26)20-12-19(20)17-8-5-10-23-13-17/h3-8,10,13,19-20H,9,11-12,14-15H2,1-2H3,(H,24,26)/t19-,20+/m1/s1. The summed E-state index contributed by atoms with van der Waals surface area (Å²) in [6.07, 6.45) is 5.68. The average molecular weight is 349 g/mol. The molecule has 1 amide bonds. The minimum Gasteiger partial charge on any atom is -0.354 e. The molecule has 0 radical (unpaired) electrons. The van der Waals surface area contributed by atoms with Crippen molar-refractivity contribution >= 4 is 5.91 Å². The van der Waals surface area contributed by atoms with Crippen LogP contribution in [0.2, 0.25) is 0 Å². The SMILES string of the molecule is CC(C)(CNC(=O)[C@H]1C[C@@H]1c1cccnc1)N1CCc2ccccc2C1. The van der Waals surface area contributed by atoms with Crippen molar-refractivity contribution in [3.8, 4) is 0 Å². The highest BCUT2D eigenvalue weighted by atomic mass is 16.2. The molecule has 1 fully saturated rings. The molecule has 1 aromatic carbocycles. The highest BCUT2D eigenvalue weighted by Crippen LogP contribution is 2.47. The zero-order valence-electron chi connectivity index (χ0n) is 15.6. The number of pyridine rings is 1. The van der Waals surface area contributed by atoms with Gasteiger partial charge in [0.25, 0.3) is 0 Å². The van der Waals surface area contributed by atoms with Crippen LogP contribution < -0.4 is 5.32 Å². The van der Waals surface area contributed by atoms with Gasteiger partial charge in [-0.15, -0.1) is 0 Å². The van der Waals surface area contributed by atoms with Crippen molar-refractivity contribution < 1.29 is 4.79 Å². The summed E-state index contributed by atoms with van der Waals surface area (Å²) in [7, 11) is 0. The molecule has 2 aliphatic rings. The normalized spacial score (nSPS) is 22.5. The van der Waals surface area contributed by atoms with Crippen LogP contribution in [0.4, 0.5) is 0 Å². The average Bonchev–Trinajstić information content (AvgIpc) is 3.47. The lowest BCUT2D eigenvalue weighted by Crippen LogP contribution is -2.53. The van der Waals surface area contributed by atoms with Crippen LogP contribution in [-0.2, 0) is 17.8 Å². The number of fused-ring (bicyclic) bond motifs is 1. The van der Waals surface area contributed by atoms with Crippen molar-refractivity contribution in [2.75, 3.05) is 13.1 Å². The first kappa shape index (κ1) is 17.2. The molecule has 26 heavy (non-hydrogen) atoms. The quantitative estimate of drug-likeness (QED) is 0.902. The summed E-state index contributed by atoms with van der Waals surface area (Å²) in [4.78, 5) is 19.2. The zero-order valence-corrected chi connectivity index (χ0v) is 15.6. The lowest BCUT2D eigenvalue weighted by Gasteiger charge is -2.41. The molecule has 4 nitrogen and oxygen atoms in total. The number of rotatable bonds is 5. The van der Waals surface area contributed by atoms with E-state index in [-0.39, 0.29) is 17.4 Å². The first-order valence-corrected chi connectivity index (χ1v) is 9.54. The molecule has 136 valence electrons. The molecule has 0 bridgehead atoms. The second kappa shape index (κ2) is 6.84. The van der Waals surface area contributed by atoms with Gasteiger partial charge in [0.2, 0.25) is 5.91 Å². The van der Waals surface area contributed by atoms with Crippen molar-refractivity contribution in [2.45, 2.75) is 44.7 Å². The lowest BCUT2D eigenvalue weighted by molar-refractivity contribution is -0.123. The fourth-order valence-electron chi connectivity index (χ4n) is 4.01. The van der Waals surface area contributed by atoms with Crippen LogP contribution in [0.5, 0.6) is 0 Å². The van der Waals surface area contributed by atoms with E-state index in [4.69, 9.17) is 0 Å². The fraction of sp³-hybridized carbons (Fsp3) is 0.455. The van der Waals surface area contributed by atoms with Crippen LogP contribution in [0.25, 0.3) is 0 Å². The Kier molecular flexibility index (Phi) is 4.53. The number of hydrogen-bond acceptors (Lipinski definition) is 3. The van der Waals surface area contributed by atoms with Crippen molar-refractivity contribution in [1.29, 1.82) is 0 Å². The molecule has 0 spiro atoms. The van der Waals surface area contributed by atoms with Crippen LogP contribution in [-0.4, -0.2) is 34.4 Å². The molecule has 2 heterocycles. The third-order valence-electron chi connectivity index (χ3n) is 5.92. The highest BCUT2D eigenvalue weighted by molar-refractivity contribution is 5.82. The predicted molar refractivity (Wildman–Crippen MR) is 103 cm³/mol. The van der Waals surface area contributed by atoms with E-state index in [9.17, 15) is 4.79 Å². The van der Waals surface area contributed by atoms with E-state index >= 15 is 0 Å². The third-order valence-corrected chi connectivity index (χ3v) is 5.92. The van der Waals surface area contributed by atoms with Crippen LogP contribution in [0.15, 0.2) is 48.8 Å². The van der Waals surface area contributed by atoms with Gasteiger partial charge in [0.15, 0.2) is 0 Å². The van der Waals surface area contributed by atoms with Crippen molar-refractivity contribution in [3.63, 3.8) is 0 Å². The molecule has 0 saturated heterocycles. The topological polar surface area (TPSA) is 45.2 Å². The maximum absolute atomic E-state index is 12.6. The van der Waals surface area contributed by atoms with Gasteiger partial charge in [0.05, 0.1) is 0 Å². The number of nitrogens with zero attached hydrogens (tertiary/aromatic N) is 2. The monoisotopic (exact) mass is 349 g/mol. The molecule has 0 unspecified atom stereocenters. The van der Waals surface area contributed by atoms with Gasteiger partial charge in [0.1, 0.15) is 0 Å². The number of nitrogens with one attached hydrogen (secondary N) is 1. The summed E-state index contributed by atoms with van der Waals surface area (Å²) < 4.78 is 0. The predicted octanol–water partition coefficient (Wildman–Crippen LogP) is 3.14. The number of benzene rings is 1. The summed E-state index contributed by atoms with van der Waals surface area (Å²) in [6, 6.07) is 12.7. The van der Waals surface area contributed by atoms with Gasteiger partial charge in [-0.1, -0.05) is 30.3 Å². The lowest BCUT2D eigenvalue weighted by atomic mass is 9.94. The number of hydrogen-bond donors (Lipinski definition) is 1. The fourth-order valence-corrected chi connectivity index (χ4v) is 4.01. The first-order chi connectivity index (χ1) is 12.5. The van der Waals surface area contributed by atoms with Gasteiger partial charge < -0.3 is 5.32 Å². The molecule has 2 atom stereocenters. The first-order valence-electron chi connectivity index (χ1n) is 9.54. The summed E-state index contributed by atoms with van der Waals surface area (Å²) >= 11 is 0. The van der Waals surface area contributed by atoms with Gasteiger partial charge in [-0.25, -0.2) is 0 Å². The van der Waals surface area contributed by atoms with E-state index < -0.39 is 0 Å². The van der Waals surface area contributed by atoms with Crippen molar-refractivity contribution in [1.82, 2.24) is 15.2 Å². The Morgan fingerprint density at radius 2 is 2.04 bits per heavy atom. The van der Waals surface area contributed by atoms with Crippen molar-refractivity contribution in [2.24, 2.45) is 5.92 Å². The van der Waals surface area contributed by atoms with E-state index in [0.717, 1.165) is 25.9 Å². The molecule has 1 aliphatic heterocycles. The number of carbonyl (C=O) groups is 1. The van der Waals surface area contributed by atoms with Crippen LogP contribution in [0.1, 0.15) is 42.9 Å². The third kappa shape index (κ3) is 3.51. The molecule has 2 aromatic rings. The van der Waals surface area contributed by atoms with Gasteiger partial charge in [-0.2, -0.15) is 0 Å². The Morgan fingerprint density at radius 3 is 2.81 bits per heavy atom. The van der Waals surface area contributed by atoms with E-state index in [1.807, 2.05) is 12.3 Å². The molecular weight excluding hydrogens is 322 g/mol. The highest BCUT2D eigenvalue weighted by Gasteiger charge is 2.44. The van der Waals surface area contributed by atoms with Gasteiger partial charge in [-0.3, -0.25) is 14.7 Å². The smallest absolute Gasteiger partial charge is 0.223 e. The Morgan fingerprint density at radius 1 is 1.23 bits per heavy atom. The number of aromatic nitrogens is 1. The Balaban J connectivity index is 1.32. The van der Waals surface area contributed by atoms with E-state index in [1.54, 1.807) is 6.20 Å². The summed E-state index contributed by atoms with van der Waals surface area (Å²) in [6.45, 7) is 7.14. The van der Waals surface area contributed by atoms with Gasteiger partial charge >= 0.3 is 0 Å². The van der Waals surface area contributed by atoms with Crippen molar-refractivity contribution in [3.05, 3.63) is 65.5 Å². The van der Waals surface area contributed by atoms with E-state index in [1.165, 1.54) is 16.7 Å². The number of carbonyl (C=O) groups excluding carboxylic acids is 1. The van der Waals surface area contributed by atoms with Crippen LogP contribution in [0, 0.1) is 5.92 Å². The van der Waals surface area contributed by atoms with Gasteiger partial charge in [-0.05, 0) is 55.4 Å². The second-order valence-electron chi connectivity index (χ2n) is 8.21. The Hall–Kier alpha value is -2.20. The number of amides is 1. The zero-order chi connectivity index (χ0) is 18.1. The van der Waals surface area contributed by atoms with Crippen LogP contribution >= 0.6 is 0 Å². The molecule has 1 aromatic heterocycles. The second-order valence-corrected chi connectivity index (χ2v) is 8.21. The Bertz CT molecular complexity index is 787. The Labute approximate surface area is 155 Å². The summed E-state index contributed by atoms with van der Waals surface area (Å²) in [5, 5.41) is 3.20. The summed E-state index contributed by atoms with van der Waals surface area (Å²) in [5.74, 6) is 0.634. The van der Waals surface area contributed by atoms with Gasteiger partial charge in [0, 0.05) is 43.5 Å². The molecular formula is C22H27N3O. The molecule has 1 N–H and O–H groups in total. The molecule has 1 saturated carbocycles. The van der Waals surface area contributed by atoms with Crippen LogP contribution in [0.3, 0.4) is 0 Å². The summed E-state index contributed by atoms with van der Waals surface area (Å²) in [5.41, 5.74) is 4.00. The van der Waals surface area contributed by atoms with E-state index in [0.29, 0.717) is 12.5 Å². The molecule has 4 rings (SSSR count). The van der Waals surface area contributed by atoms with E-state index in [2.05, 4.69) is 59.4 Å². The minimum absolute atomic E-state index is 0.0537. The maximum atomic E-state index is 12.6. The maximum Gasteiger partial charge on any atom is 0.223 e.